The number of amides is 1. The third-order valence-corrected chi connectivity index (χ3v) is 3.60. The Morgan fingerprint density at radius 1 is 1.45 bits per heavy atom. The number of rotatable bonds is 3. The van der Waals surface area contributed by atoms with Crippen molar-refractivity contribution in [3.05, 3.63) is 35.5 Å². The van der Waals surface area contributed by atoms with Gasteiger partial charge in [-0.1, -0.05) is 18.2 Å². The normalized spacial score (nSPS) is 17.8. The van der Waals surface area contributed by atoms with Gasteiger partial charge in [0.1, 0.15) is 11.9 Å². The molecule has 0 fully saturated rings. The van der Waals surface area contributed by atoms with Crippen LogP contribution in [0.3, 0.4) is 0 Å². The van der Waals surface area contributed by atoms with E-state index >= 15 is 0 Å². The predicted molar refractivity (Wildman–Crippen MR) is 71.1 cm³/mol. The third kappa shape index (κ3) is 1.61. The zero-order chi connectivity index (χ0) is 14.4. The number of hydroxylamine groups is 2. The lowest BCUT2D eigenvalue weighted by Crippen LogP contribution is -2.30. The Balaban J connectivity index is 2.26. The molecule has 0 saturated heterocycles. The first-order valence-electron chi connectivity index (χ1n) is 6.24. The van der Waals surface area contributed by atoms with E-state index in [1.165, 1.54) is 7.11 Å². The highest BCUT2D eigenvalue weighted by Crippen LogP contribution is 2.36. The smallest absolute Gasteiger partial charge is 0.307 e. The first kappa shape index (κ1) is 12.7. The minimum atomic E-state index is -0.979. The van der Waals surface area contributed by atoms with Gasteiger partial charge in [-0.05, 0) is 18.6 Å². The summed E-state index contributed by atoms with van der Waals surface area (Å²) >= 11 is 0. The lowest BCUT2D eigenvalue weighted by Gasteiger charge is -2.22. The van der Waals surface area contributed by atoms with Gasteiger partial charge in [0.2, 0.25) is 0 Å². The molecule has 1 amide bonds. The molecule has 0 saturated carbocycles. The van der Waals surface area contributed by atoms with Crippen LogP contribution in [0.1, 0.15) is 28.6 Å². The molecule has 104 valence electrons. The zero-order valence-electron chi connectivity index (χ0n) is 11.2. The van der Waals surface area contributed by atoms with Gasteiger partial charge in [0.15, 0.2) is 0 Å². The number of carboxylic acids is 1. The number of carboxylic acid groups (broad SMARTS) is 1. The van der Waals surface area contributed by atoms with E-state index in [4.69, 9.17) is 9.94 Å². The minimum Gasteiger partial charge on any atom is -0.481 e. The Kier molecular flexibility index (Phi) is 2.76. The molecule has 6 heteroatoms. The maximum atomic E-state index is 12.3. The van der Waals surface area contributed by atoms with Crippen molar-refractivity contribution in [1.29, 1.82) is 0 Å². The molecule has 0 bridgehead atoms. The summed E-state index contributed by atoms with van der Waals surface area (Å²) in [6, 6.07) is 7.54. The predicted octanol–water partition coefficient (Wildman–Crippen LogP) is 1.94. The van der Waals surface area contributed by atoms with E-state index in [1.54, 1.807) is 10.6 Å². The van der Waals surface area contributed by atoms with Gasteiger partial charge in [-0.25, -0.2) is 0 Å². The van der Waals surface area contributed by atoms with E-state index < -0.39 is 12.1 Å². The molecule has 0 radical (unpaired) electrons. The molecule has 3 rings (SSSR count). The van der Waals surface area contributed by atoms with Gasteiger partial charge in [0.25, 0.3) is 5.91 Å². The number of benzene rings is 1. The lowest BCUT2D eigenvalue weighted by molar-refractivity contribution is -0.153. The number of fused-ring (bicyclic) bond motifs is 3. The molecule has 1 aromatic carbocycles. The second kappa shape index (κ2) is 4.35. The highest BCUT2D eigenvalue weighted by atomic mass is 16.7. The number of para-hydroxylation sites is 1. The second-order valence-electron chi connectivity index (χ2n) is 4.80. The van der Waals surface area contributed by atoms with Gasteiger partial charge in [-0.2, -0.15) is 5.06 Å². The van der Waals surface area contributed by atoms with Crippen molar-refractivity contribution in [2.75, 3.05) is 7.11 Å². The van der Waals surface area contributed by atoms with E-state index in [2.05, 4.69) is 0 Å². The van der Waals surface area contributed by atoms with Crippen molar-refractivity contribution in [3.8, 4) is 0 Å². The molecule has 2 aromatic rings. The highest BCUT2D eigenvalue weighted by molar-refractivity contribution is 6.01. The molecule has 1 atom stereocenters. The fourth-order valence-electron chi connectivity index (χ4n) is 2.83. The number of hydrogen-bond acceptors (Lipinski definition) is 3. The molecule has 20 heavy (non-hydrogen) atoms. The van der Waals surface area contributed by atoms with Crippen molar-refractivity contribution in [1.82, 2.24) is 9.63 Å². The largest absolute Gasteiger partial charge is 0.481 e. The molecule has 1 unspecified atom stereocenters. The van der Waals surface area contributed by atoms with Crippen molar-refractivity contribution in [2.24, 2.45) is 0 Å². The Hall–Kier alpha value is -2.34. The van der Waals surface area contributed by atoms with Crippen molar-refractivity contribution in [3.63, 3.8) is 0 Å². The van der Waals surface area contributed by atoms with Crippen LogP contribution in [0.4, 0.5) is 0 Å². The van der Waals surface area contributed by atoms with Gasteiger partial charge in [0, 0.05) is 5.39 Å². The summed E-state index contributed by atoms with van der Waals surface area (Å²) in [7, 11) is 1.37. The summed E-state index contributed by atoms with van der Waals surface area (Å²) in [6.07, 6.45) is -0.858. The standard InChI is InChI=1S/C14H14N2O4/c1-8-4-3-5-9-6-10-14(19)16(20-2)11(7-12(17)18)15(10)13(8)9/h3-6,11H,7H2,1-2H3,(H,17,18). The Labute approximate surface area is 115 Å². The quantitative estimate of drug-likeness (QED) is 0.928. The van der Waals surface area contributed by atoms with Crippen LogP contribution in [-0.4, -0.2) is 33.7 Å². The van der Waals surface area contributed by atoms with E-state index in [-0.39, 0.29) is 12.3 Å². The summed E-state index contributed by atoms with van der Waals surface area (Å²) in [5, 5.41) is 11.1. The number of aromatic nitrogens is 1. The zero-order valence-corrected chi connectivity index (χ0v) is 11.2. The van der Waals surface area contributed by atoms with E-state index in [9.17, 15) is 9.59 Å². The summed E-state index contributed by atoms with van der Waals surface area (Å²) in [5.74, 6) is -1.29. The topological polar surface area (TPSA) is 71.8 Å². The van der Waals surface area contributed by atoms with Crippen molar-refractivity contribution < 1.29 is 19.5 Å². The van der Waals surface area contributed by atoms with Crippen LogP contribution >= 0.6 is 0 Å². The van der Waals surface area contributed by atoms with Crippen molar-refractivity contribution >= 4 is 22.8 Å². The molecule has 2 heterocycles. The first-order valence-corrected chi connectivity index (χ1v) is 6.24. The highest BCUT2D eigenvalue weighted by Gasteiger charge is 2.40. The van der Waals surface area contributed by atoms with Crippen LogP contribution in [-0.2, 0) is 9.63 Å². The molecule has 6 nitrogen and oxygen atoms in total. The van der Waals surface area contributed by atoms with Crippen LogP contribution in [0.2, 0.25) is 0 Å². The van der Waals surface area contributed by atoms with Crippen LogP contribution < -0.4 is 0 Å². The summed E-state index contributed by atoms with van der Waals surface area (Å²) in [5.41, 5.74) is 2.33. The second-order valence-corrected chi connectivity index (χ2v) is 4.80. The molecular formula is C14H14N2O4. The van der Waals surface area contributed by atoms with Gasteiger partial charge in [0.05, 0.1) is 19.0 Å². The fraction of sp³-hybridized carbons (Fsp3) is 0.286. The summed E-state index contributed by atoms with van der Waals surface area (Å²) in [4.78, 5) is 28.4. The SMILES string of the molecule is CON1C(=O)c2cc3cccc(C)c3n2C1CC(=O)O. The maximum absolute atomic E-state index is 12.3. The summed E-state index contributed by atoms with van der Waals surface area (Å²) in [6.45, 7) is 1.94. The lowest BCUT2D eigenvalue weighted by atomic mass is 10.1. The molecule has 0 spiro atoms. The van der Waals surface area contributed by atoms with Crippen LogP contribution in [0.25, 0.3) is 10.9 Å². The molecule has 1 aliphatic rings. The fourth-order valence-corrected chi connectivity index (χ4v) is 2.83. The average molecular weight is 274 g/mol. The van der Waals surface area contributed by atoms with Crippen molar-refractivity contribution in [2.45, 2.75) is 19.5 Å². The molecule has 1 aliphatic heterocycles. The Morgan fingerprint density at radius 2 is 2.20 bits per heavy atom. The summed E-state index contributed by atoms with van der Waals surface area (Å²) < 4.78 is 1.75. The van der Waals surface area contributed by atoms with Crippen LogP contribution in [0, 0.1) is 6.92 Å². The van der Waals surface area contributed by atoms with Gasteiger partial charge in [-0.15, -0.1) is 0 Å². The van der Waals surface area contributed by atoms with Crippen LogP contribution in [0.15, 0.2) is 24.3 Å². The van der Waals surface area contributed by atoms with Gasteiger partial charge >= 0.3 is 5.97 Å². The third-order valence-electron chi connectivity index (χ3n) is 3.60. The van der Waals surface area contributed by atoms with Gasteiger partial charge < -0.3 is 9.67 Å². The molecule has 1 N–H and O–H groups in total. The Bertz CT molecular complexity index is 719. The monoisotopic (exact) mass is 274 g/mol. The number of hydrogen-bond donors (Lipinski definition) is 1. The molecular weight excluding hydrogens is 260 g/mol. The molecule has 0 aliphatic carbocycles. The maximum Gasteiger partial charge on any atom is 0.307 e. The Morgan fingerprint density at radius 3 is 2.85 bits per heavy atom. The first-order chi connectivity index (χ1) is 9.54. The van der Waals surface area contributed by atoms with Crippen LogP contribution in [0.5, 0.6) is 0 Å². The average Bonchev–Trinajstić information content (AvgIpc) is 2.87. The number of carbonyl (C=O) groups is 2. The van der Waals surface area contributed by atoms with E-state index in [0.717, 1.165) is 21.5 Å². The number of carbonyl (C=O) groups excluding carboxylic acids is 1. The van der Waals surface area contributed by atoms with E-state index in [0.29, 0.717) is 5.69 Å². The number of nitrogens with zero attached hydrogens (tertiary/aromatic N) is 2. The minimum absolute atomic E-state index is 0.204. The van der Waals surface area contributed by atoms with E-state index in [1.807, 2.05) is 25.1 Å². The number of aryl methyl sites for hydroxylation is 1. The molecule has 1 aromatic heterocycles. The van der Waals surface area contributed by atoms with Gasteiger partial charge in [-0.3, -0.25) is 14.4 Å². The number of aliphatic carboxylic acids is 1.